The summed E-state index contributed by atoms with van der Waals surface area (Å²) in [7, 11) is 0. The van der Waals surface area contributed by atoms with E-state index in [0.717, 1.165) is 17.7 Å². The van der Waals surface area contributed by atoms with E-state index in [-0.39, 0.29) is 11.5 Å². The molecule has 1 heterocycles. The molecule has 0 saturated carbocycles. The number of aromatic amines is 1. The molecule has 3 heteroatoms. The third-order valence-corrected chi connectivity index (χ3v) is 5.75. The van der Waals surface area contributed by atoms with Crippen LogP contribution in [-0.2, 0) is 5.41 Å². The number of hydrogen-bond acceptors (Lipinski definition) is 2. The molecule has 0 spiro atoms. The first-order valence-corrected chi connectivity index (χ1v) is 10.0. The molecule has 0 bridgehead atoms. The van der Waals surface area contributed by atoms with Crippen molar-refractivity contribution in [3.63, 3.8) is 0 Å². The second-order valence-electron chi connectivity index (χ2n) is 8.23. The van der Waals surface area contributed by atoms with Gasteiger partial charge in [-0.1, -0.05) is 51.6 Å². The summed E-state index contributed by atoms with van der Waals surface area (Å²) in [5.74, 6) is 0.849. The predicted molar refractivity (Wildman–Crippen MR) is 120 cm³/mol. The lowest BCUT2D eigenvalue weighted by molar-refractivity contribution is 0.285. The lowest BCUT2D eigenvalue weighted by atomic mass is 9.77. The Morgan fingerprint density at radius 1 is 1.18 bits per heavy atom. The highest BCUT2D eigenvalue weighted by Gasteiger charge is 2.30. The van der Waals surface area contributed by atoms with E-state index in [1.54, 1.807) is 0 Å². The first-order valence-electron chi connectivity index (χ1n) is 10.0. The summed E-state index contributed by atoms with van der Waals surface area (Å²) < 4.78 is 5.97. The summed E-state index contributed by atoms with van der Waals surface area (Å²) in [4.78, 5) is 3.68. The molecule has 0 aliphatic rings. The van der Waals surface area contributed by atoms with E-state index in [4.69, 9.17) is 10.5 Å². The number of H-pyrrole nitrogens is 1. The van der Waals surface area contributed by atoms with Gasteiger partial charge in [-0.3, -0.25) is 0 Å². The van der Waals surface area contributed by atoms with Gasteiger partial charge in [0.2, 0.25) is 0 Å². The Kier molecular flexibility index (Phi) is 5.66. The summed E-state index contributed by atoms with van der Waals surface area (Å²) in [6.45, 7) is 15.4. The molecule has 1 atom stereocenters. The van der Waals surface area contributed by atoms with E-state index in [9.17, 15) is 0 Å². The third kappa shape index (κ3) is 3.72. The number of benzene rings is 2. The lowest BCUT2D eigenvalue weighted by Crippen LogP contribution is -2.27. The van der Waals surface area contributed by atoms with Crippen molar-refractivity contribution in [1.29, 1.82) is 0 Å². The molecule has 3 N–H and O–H groups in total. The standard InChI is InChI=1S/C25H32N2O/c1-7-18-10-11-20(28-15-19(26)8-2)14-22(18)25(5,6)24-17(4)21-12-9-16(3)13-23(21)27-24/h7,9-14,19,27H,1,8,15,26H2,2-6H3/t19-/m1/s1. The Hall–Kier alpha value is -2.52. The smallest absolute Gasteiger partial charge is 0.119 e. The highest BCUT2D eigenvalue weighted by molar-refractivity contribution is 5.85. The van der Waals surface area contributed by atoms with Gasteiger partial charge in [0, 0.05) is 28.1 Å². The SMILES string of the molecule is C=Cc1ccc(OC[C@H](N)CC)cc1C(C)(C)c1[nH]c2cc(C)ccc2c1C. The molecular formula is C25H32N2O. The number of fused-ring (bicyclic) bond motifs is 1. The van der Waals surface area contributed by atoms with Crippen LogP contribution in [0.4, 0.5) is 0 Å². The number of nitrogens with two attached hydrogens (primary N) is 1. The Morgan fingerprint density at radius 3 is 2.61 bits per heavy atom. The molecule has 2 aromatic carbocycles. The number of nitrogens with one attached hydrogen (secondary N) is 1. The summed E-state index contributed by atoms with van der Waals surface area (Å²) in [5, 5.41) is 1.27. The number of aromatic nitrogens is 1. The van der Waals surface area contributed by atoms with Gasteiger partial charge in [0.1, 0.15) is 12.4 Å². The van der Waals surface area contributed by atoms with Crippen LogP contribution >= 0.6 is 0 Å². The number of hydrogen-bond donors (Lipinski definition) is 2. The van der Waals surface area contributed by atoms with Gasteiger partial charge in [0.05, 0.1) is 0 Å². The predicted octanol–water partition coefficient (Wildman–Crippen LogP) is 5.87. The van der Waals surface area contributed by atoms with Crippen LogP contribution in [0, 0.1) is 13.8 Å². The molecule has 0 aliphatic heterocycles. The normalized spacial score (nSPS) is 12.9. The van der Waals surface area contributed by atoms with Crippen LogP contribution < -0.4 is 10.5 Å². The topological polar surface area (TPSA) is 51.0 Å². The number of rotatable bonds is 7. The molecule has 0 radical (unpaired) electrons. The van der Waals surface area contributed by atoms with Crippen molar-refractivity contribution < 1.29 is 4.74 Å². The highest BCUT2D eigenvalue weighted by atomic mass is 16.5. The Morgan fingerprint density at radius 2 is 1.93 bits per heavy atom. The maximum absolute atomic E-state index is 6.02. The van der Waals surface area contributed by atoms with Crippen molar-refractivity contribution in [3.05, 3.63) is 70.9 Å². The van der Waals surface area contributed by atoms with Gasteiger partial charge >= 0.3 is 0 Å². The summed E-state index contributed by atoms with van der Waals surface area (Å²) in [5.41, 5.74) is 13.0. The van der Waals surface area contributed by atoms with Crippen LogP contribution in [-0.4, -0.2) is 17.6 Å². The van der Waals surface area contributed by atoms with E-state index < -0.39 is 0 Å². The van der Waals surface area contributed by atoms with Crippen molar-refractivity contribution >= 4 is 17.0 Å². The van der Waals surface area contributed by atoms with Crippen LogP contribution in [0.15, 0.2) is 43.0 Å². The third-order valence-electron chi connectivity index (χ3n) is 5.75. The molecule has 1 aromatic heterocycles. The van der Waals surface area contributed by atoms with Crippen LogP contribution in [0.3, 0.4) is 0 Å². The van der Waals surface area contributed by atoms with Crippen LogP contribution in [0.2, 0.25) is 0 Å². The monoisotopic (exact) mass is 376 g/mol. The van der Waals surface area contributed by atoms with Gasteiger partial charge in [-0.2, -0.15) is 0 Å². The maximum atomic E-state index is 6.02. The molecule has 0 aliphatic carbocycles. The van der Waals surface area contributed by atoms with Gasteiger partial charge in [0.15, 0.2) is 0 Å². The summed E-state index contributed by atoms with van der Waals surface area (Å²) >= 11 is 0. The molecule has 0 amide bonds. The van der Waals surface area contributed by atoms with Crippen LogP contribution in [0.5, 0.6) is 5.75 Å². The van der Waals surface area contributed by atoms with Crippen molar-refractivity contribution in [2.24, 2.45) is 5.73 Å². The quantitative estimate of drug-likeness (QED) is 0.542. The molecule has 0 unspecified atom stereocenters. The second-order valence-corrected chi connectivity index (χ2v) is 8.23. The minimum Gasteiger partial charge on any atom is -0.492 e. The minimum absolute atomic E-state index is 0.0507. The molecule has 0 fully saturated rings. The summed E-state index contributed by atoms with van der Waals surface area (Å²) in [6, 6.07) is 12.9. The first kappa shape index (κ1) is 20.2. The first-order chi connectivity index (χ1) is 13.3. The minimum atomic E-state index is -0.229. The molecule has 0 saturated heterocycles. The second kappa shape index (κ2) is 7.84. The van der Waals surface area contributed by atoms with Gasteiger partial charge in [-0.05, 0) is 60.7 Å². The summed E-state index contributed by atoms with van der Waals surface area (Å²) in [6.07, 6.45) is 2.82. The molecular weight excluding hydrogens is 344 g/mol. The fourth-order valence-corrected chi connectivity index (χ4v) is 3.88. The van der Waals surface area contributed by atoms with Gasteiger partial charge in [0.25, 0.3) is 0 Å². The van der Waals surface area contributed by atoms with Crippen LogP contribution in [0.25, 0.3) is 17.0 Å². The molecule has 3 aromatic rings. The van der Waals surface area contributed by atoms with Gasteiger partial charge < -0.3 is 15.5 Å². The van der Waals surface area contributed by atoms with Crippen molar-refractivity contribution in [2.75, 3.05) is 6.61 Å². The van der Waals surface area contributed by atoms with E-state index in [2.05, 4.69) is 76.5 Å². The van der Waals surface area contributed by atoms with Gasteiger partial charge in [-0.15, -0.1) is 0 Å². The van der Waals surface area contributed by atoms with Crippen molar-refractivity contribution in [3.8, 4) is 5.75 Å². The van der Waals surface area contributed by atoms with E-state index >= 15 is 0 Å². The average molecular weight is 377 g/mol. The average Bonchev–Trinajstić information content (AvgIpc) is 3.02. The zero-order valence-corrected chi connectivity index (χ0v) is 17.7. The van der Waals surface area contributed by atoms with Gasteiger partial charge in [-0.25, -0.2) is 0 Å². The van der Waals surface area contributed by atoms with E-state index in [0.29, 0.717) is 6.61 Å². The van der Waals surface area contributed by atoms with Crippen LogP contribution in [0.1, 0.15) is 55.1 Å². The fraction of sp³-hybridized carbons (Fsp3) is 0.360. The van der Waals surface area contributed by atoms with E-state index in [1.807, 2.05) is 12.1 Å². The zero-order chi connectivity index (χ0) is 20.5. The van der Waals surface area contributed by atoms with E-state index in [1.165, 1.54) is 33.3 Å². The highest BCUT2D eigenvalue weighted by Crippen LogP contribution is 2.39. The number of ether oxygens (including phenoxy) is 1. The molecule has 3 rings (SSSR count). The number of aryl methyl sites for hydroxylation is 2. The Bertz CT molecular complexity index is 997. The zero-order valence-electron chi connectivity index (χ0n) is 17.7. The Labute approximate surface area is 168 Å². The molecule has 28 heavy (non-hydrogen) atoms. The molecule has 148 valence electrons. The maximum Gasteiger partial charge on any atom is 0.119 e. The lowest BCUT2D eigenvalue weighted by Gasteiger charge is -2.28. The Balaban J connectivity index is 2.07. The fourth-order valence-electron chi connectivity index (χ4n) is 3.88. The molecule has 3 nitrogen and oxygen atoms in total. The van der Waals surface area contributed by atoms with Crippen molar-refractivity contribution in [1.82, 2.24) is 4.98 Å². The van der Waals surface area contributed by atoms with Crippen molar-refractivity contribution in [2.45, 2.75) is 52.5 Å². The largest absolute Gasteiger partial charge is 0.492 e.